The third-order valence-electron chi connectivity index (χ3n) is 1.52. The van der Waals surface area contributed by atoms with Gasteiger partial charge in [-0.2, -0.15) is 5.26 Å². The first-order valence-electron chi connectivity index (χ1n) is 3.77. The molecule has 0 aliphatic rings. The Bertz CT molecular complexity index is 317. The minimum atomic E-state index is -0.0193. The fourth-order valence-corrected chi connectivity index (χ4v) is 0.830. The van der Waals surface area contributed by atoms with Crippen LogP contribution >= 0.6 is 0 Å². The van der Waals surface area contributed by atoms with E-state index in [0.717, 1.165) is 5.69 Å². The molecule has 12 heavy (non-hydrogen) atoms. The zero-order valence-electron chi connectivity index (χ0n) is 7.50. The number of nitrogens with zero attached hydrogens (tertiary/aromatic N) is 3. The molecule has 0 amide bonds. The van der Waals surface area contributed by atoms with Gasteiger partial charge in [0.2, 0.25) is 5.82 Å². The Morgan fingerprint density at radius 2 is 2.08 bits per heavy atom. The summed E-state index contributed by atoms with van der Waals surface area (Å²) < 4.78 is 0. The molecule has 0 saturated carbocycles. The largest absolute Gasteiger partial charge is 0.232 e. The minimum Gasteiger partial charge on any atom is -0.228 e. The second kappa shape index (κ2) is 2.90. The van der Waals surface area contributed by atoms with Crippen molar-refractivity contribution in [1.82, 2.24) is 9.97 Å². The Kier molecular flexibility index (Phi) is 2.09. The molecule has 0 N–H and O–H groups in total. The Morgan fingerprint density at radius 3 is 2.58 bits per heavy atom. The van der Waals surface area contributed by atoms with Crippen LogP contribution in [0.5, 0.6) is 0 Å². The van der Waals surface area contributed by atoms with Gasteiger partial charge in [-0.05, 0) is 6.07 Å². The maximum atomic E-state index is 8.55. The SMILES string of the molecule is CC(C)(C)c1ccnc(C#N)n1. The molecule has 0 aromatic carbocycles. The molecule has 1 aromatic rings. The third kappa shape index (κ3) is 1.79. The molecule has 1 rings (SSSR count). The van der Waals surface area contributed by atoms with Crippen molar-refractivity contribution in [2.24, 2.45) is 0 Å². The molecule has 0 aliphatic carbocycles. The zero-order valence-corrected chi connectivity index (χ0v) is 7.50. The van der Waals surface area contributed by atoms with E-state index in [9.17, 15) is 0 Å². The van der Waals surface area contributed by atoms with Crippen LogP contribution in [0.4, 0.5) is 0 Å². The van der Waals surface area contributed by atoms with Gasteiger partial charge in [-0.1, -0.05) is 20.8 Å². The number of nitriles is 1. The summed E-state index contributed by atoms with van der Waals surface area (Å²) in [6.07, 6.45) is 1.62. The van der Waals surface area contributed by atoms with Crippen LogP contribution in [-0.4, -0.2) is 9.97 Å². The fraction of sp³-hybridized carbons (Fsp3) is 0.444. The van der Waals surface area contributed by atoms with Crippen LogP contribution in [0, 0.1) is 11.3 Å². The van der Waals surface area contributed by atoms with Gasteiger partial charge in [-0.3, -0.25) is 0 Å². The van der Waals surface area contributed by atoms with E-state index in [0.29, 0.717) is 0 Å². The average Bonchev–Trinajstić information content (AvgIpc) is 2.03. The van der Waals surface area contributed by atoms with Crippen molar-refractivity contribution in [2.45, 2.75) is 26.2 Å². The van der Waals surface area contributed by atoms with Crippen molar-refractivity contribution in [3.8, 4) is 6.07 Å². The summed E-state index contributed by atoms with van der Waals surface area (Å²) in [5.74, 6) is 0.238. The molecule has 3 nitrogen and oxygen atoms in total. The molecule has 0 unspecified atom stereocenters. The molecule has 0 spiro atoms. The van der Waals surface area contributed by atoms with Crippen LogP contribution in [0.1, 0.15) is 32.3 Å². The Balaban J connectivity index is 3.13. The molecule has 0 atom stereocenters. The third-order valence-corrected chi connectivity index (χ3v) is 1.52. The molecular formula is C9H11N3. The van der Waals surface area contributed by atoms with Gasteiger partial charge < -0.3 is 0 Å². The Labute approximate surface area is 72.1 Å². The second-order valence-electron chi connectivity index (χ2n) is 3.63. The normalized spacial score (nSPS) is 10.8. The molecule has 0 fully saturated rings. The zero-order chi connectivity index (χ0) is 9.19. The van der Waals surface area contributed by atoms with Gasteiger partial charge in [0.05, 0.1) is 5.69 Å². The predicted octanol–water partition coefficient (Wildman–Crippen LogP) is 1.65. The summed E-state index contributed by atoms with van der Waals surface area (Å²) in [5.41, 5.74) is 0.878. The van der Waals surface area contributed by atoms with E-state index >= 15 is 0 Å². The fourth-order valence-electron chi connectivity index (χ4n) is 0.830. The van der Waals surface area contributed by atoms with E-state index < -0.39 is 0 Å². The van der Waals surface area contributed by atoms with E-state index in [1.807, 2.05) is 12.1 Å². The van der Waals surface area contributed by atoms with Crippen LogP contribution < -0.4 is 0 Å². The van der Waals surface area contributed by atoms with Crippen LogP contribution in [-0.2, 0) is 5.41 Å². The first-order valence-corrected chi connectivity index (χ1v) is 3.77. The molecule has 0 radical (unpaired) electrons. The molecule has 0 aliphatic heterocycles. The maximum Gasteiger partial charge on any atom is 0.232 e. The first-order chi connectivity index (χ1) is 5.54. The number of hydrogen-bond donors (Lipinski definition) is 0. The van der Waals surface area contributed by atoms with Gasteiger partial charge in [-0.25, -0.2) is 9.97 Å². The Morgan fingerprint density at radius 1 is 1.42 bits per heavy atom. The van der Waals surface area contributed by atoms with Gasteiger partial charge in [0.15, 0.2) is 0 Å². The van der Waals surface area contributed by atoms with Crippen LogP contribution in [0.25, 0.3) is 0 Å². The summed E-state index contributed by atoms with van der Waals surface area (Å²) in [6.45, 7) is 6.16. The van der Waals surface area contributed by atoms with E-state index in [4.69, 9.17) is 5.26 Å². The van der Waals surface area contributed by atoms with Gasteiger partial charge in [0.25, 0.3) is 0 Å². The maximum absolute atomic E-state index is 8.55. The van der Waals surface area contributed by atoms with Crippen molar-refractivity contribution in [1.29, 1.82) is 5.26 Å². The number of aromatic nitrogens is 2. The lowest BCUT2D eigenvalue weighted by atomic mass is 9.92. The van der Waals surface area contributed by atoms with E-state index in [1.54, 1.807) is 6.20 Å². The van der Waals surface area contributed by atoms with Crippen molar-refractivity contribution in [2.75, 3.05) is 0 Å². The molecule has 1 heterocycles. The summed E-state index contributed by atoms with van der Waals surface area (Å²) in [4.78, 5) is 7.89. The summed E-state index contributed by atoms with van der Waals surface area (Å²) in [6, 6.07) is 3.75. The lowest BCUT2D eigenvalue weighted by Crippen LogP contribution is -2.14. The summed E-state index contributed by atoms with van der Waals surface area (Å²) >= 11 is 0. The van der Waals surface area contributed by atoms with Gasteiger partial charge in [-0.15, -0.1) is 0 Å². The lowest BCUT2D eigenvalue weighted by Gasteiger charge is -2.16. The van der Waals surface area contributed by atoms with Crippen LogP contribution in [0.3, 0.4) is 0 Å². The topological polar surface area (TPSA) is 49.6 Å². The lowest BCUT2D eigenvalue weighted by molar-refractivity contribution is 0.565. The average molecular weight is 161 g/mol. The molecule has 0 bridgehead atoms. The highest BCUT2D eigenvalue weighted by atomic mass is 14.9. The minimum absolute atomic E-state index is 0.0193. The highest BCUT2D eigenvalue weighted by Gasteiger charge is 2.15. The van der Waals surface area contributed by atoms with Crippen molar-refractivity contribution in [3.05, 3.63) is 23.8 Å². The standard InChI is InChI=1S/C9H11N3/c1-9(2,3)7-4-5-11-8(6-10)12-7/h4-5H,1-3H3. The van der Waals surface area contributed by atoms with Gasteiger partial charge >= 0.3 is 0 Å². The molecule has 3 heteroatoms. The Hall–Kier alpha value is -1.43. The second-order valence-corrected chi connectivity index (χ2v) is 3.63. The van der Waals surface area contributed by atoms with Crippen LogP contribution in [0.2, 0.25) is 0 Å². The highest BCUT2D eigenvalue weighted by molar-refractivity contribution is 5.17. The predicted molar refractivity (Wildman–Crippen MR) is 45.4 cm³/mol. The van der Waals surface area contributed by atoms with E-state index in [-0.39, 0.29) is 11.2 Å². The molecule has 0 saturated heterocycles. The highest BCUT2D eigenvalue weighted by Crippen LogP contribution is 2.18. The summed E-state index contributed by atoms with van der Waals surface area (Å²) in [7, 11) is 0. The van der Waals surface area contributed by atoms with E-state index in [2.05, 4.69) is 30.7 Å². The molecule has 1 aromatic heterocycles. The number of hydrogen-bond acceptors (Lipinski definition) is 3. The quantitative estimate of drug-likeness (QED) is 0.581. The van der Waals surface area contributed by atoms with Gasteiger partial charge in [0, 0.05) is 11.6 Å². The first kappa shape index (κ1) is 8.66. The van der Waals surface area contributed by atoms with Crippen molar-refractivity contribution < 1.29 is 0 Å². The van der Waals surface area contributed by atoms with Crippen molar-refractivity contribution in [3.63, 3.8) is 0 Å². The monoisotopic (exact) mass is 161 g/mol. The van der Waals surface area contributed by atoms with Crippen LogP contribution in [0.15, 0.2) is 12.3 Å². The number of rotatable bonds is 0. The van der Waals surface area contributed by atoms with Gasteiger partial charge in [0.1, 0.15) is 6.07 Å². The van der Waals surface area contributed by atoms with Crippen molar-refractivity contribution >= 4 is 0 Å². The smallest absolute Gasteiger partial charge is 0.228 e. The van der Waals surface area contributed by atoms with E-state index in [1.165, 1.54) is 0 Å². The summed E-state index contributed by atoms with van der Waals surface area (Å²) in [5, 5.41) is 8.55. The molecule has 62 valence electrons. The molecular weight excluding hydrogens is 150 g/mol.